The summed E-state index contributed by atoms with van der Waals surface area (Å²) in [5, 5.41) is 15.2. The minimum Gasteiger partial charge on any atom is -0.490 e. The lowest BCUT2D eigenvalue weighted by Gasteiger charge is -2.25. The molecule has 6 nitrogen and oxygen atoms in total. The number of aliphatic hydroxyl groups is 1. The Hall–Kier alpha value is -2.57. The predicted molar refractivity (Wildman–Crippen MR) is 111 cm³/mol. The Morgan fingerprint density at radius 3 is 2.83 bits per heavy atom. The highest BCUT2D eigenvalue weighted by molar-refractivity contribution is 5.40. The van der Waals surface area contributed by atoms with Gasteiger partial charge in [-0.25, -0.2) is 0 Å². The molecule has 3 aromatic rings. The number of rotatable bonds is 8. The minimum atomic E-state index is -0.527. The first-order valence-corrected chi connectivity index (χ1v) is 10.2. The van der Waals surface area contributed by atoms with Gasteiger partial charge in [-0.15, -0.1) is 0 Å². The molecule has 3 heterocycles. The lowest BCUT2D eigenvalue weighted by Crippen LogP contribution is -2.34. The van der Waals surface area contributed by atoms with Crippen LogP contribution in [0.1, 0.15) is 35.2 Å². The average Bonchev–Trinajstić information content (AvgIpc) is 3.35. The van der Waals surface area contributed by atoms with Crippen LogP contribution in [0.3, 0.4) is 0 Å². The third kappa shape index (κ3) is 4.89. The van der Waals surface area contributed by atoms with E-state index in [1.807, 2.05) is 36.7 Å². The molecule has 1 N–H and O–H groups in total. The maximum Gasteiger partial charge on any atom is 0.123 e. The van der Waals surface area contributed by atoms with Crippen molar-refractivity contribution in [2.45, 2.75) is 59.0 Å². The first-order valence-electron chi connectivity index (χ1n) is 10.2. The zero-order valence-electron chi connectivity index (χ0n) is 17.3. The van der Waals surface area contributed by atoms with E-state index in [1.54, 1.807) is 6.26 Å². The topological polar surface area (TPSA) is 63.7 Å². The summed E-state index contributed by atoms with van der Waals surface area (Å²) < 4.78 is 13.2. The van der Waals surface area contributed by atoms with Gasteiger partial charge >= 0.3 is 0 Å². The van der Waals surface area contributed by atoms with Gasteiger partial charge in [0.05, 0.1) is 31.2 Å². The van der Waals surface area contributed by atoms with Crippen molar-refractivity contribution < 1.29 is 14.3 Å². The molecular weight excluding hydrogens is 366 g/mol. The van der Waals surface area contributed by atoms with Crippen LogP contribution in [0.15, 0.2) is 47.1 Å². The second-order valence-corrected chi connectivity index (χ2v) is 8.09. The molecular formula is C23H29N3O3. The molecule has 29 heavy (non-hydrogen) atoms. The molecule has 6 heteroatoms. The van der Waals surface area contributed by atoms with Crippen LogP contribution in [0.2, 0.25) is 0 Å². The summed E-state index contributed by atoms with van der Waals surface area (Å²) >= 11 is 0. The molecule has 0 radical (unpaired) electrons. The highest BCUT2D eigenvalue weighted by Crippen LogP contribution is 2.30. The fraction of sp³-hybridized carbons (Fsp3) is 0.435. The van der Waals surface area contributed by atoms with Crippen molar-refractivity contribution in [1.29, 1.82) is 0 Å². The highest BCUT2D eigenvalue weighted by Gasteiger charge is 2.21. The first-order chi connectivity index (χ1) is 14.0. The molecule has 2 atom stereocenters. The molecule has 0 aliphatic carbocycles. The molecule has 0 saturated carbocycles. The summed E-state index contributed by atoms with van der Waals surface area (Å²) in [6.45, 7) is 8.46. The van der Waals surface area contributed by atoms with Gasteiger partial charge in [0.25, 0.3) is 0 Å². The molecule has 0 fully saturated rings. The quantitative estimate of drug-likeness (QED) is 0.633. The van der Waals surface area contributed by atoms with Crippen LogP contribution in [0.5, 0.6) is 5.75 Å². The van der Waals surface area contributed by atoms with E-state index < -0.39 is 6.10 Å². The van der Waals surface area contributed by atoms with Gasteiger partial charge in [-0.3, -0.25) is 9.58 Å². The molecule has 4 rings (SSSR count). The Labute approximate surface area is 171 Å². The third-order valence-corrected chi connectivity index (χ3v) is 5.28. The predicted octanol–water partition coefficient (Wildman–Crippen LogP) is 3.48. The number of aryl methyl sites for hydroxylation is 2. The number of hydrogen-bond donors (Lipinski definition) is 1. The van der Waals surface area contributed by atoms with Crippen LogP contribution < -0.4 is 4.74 Å². The fourth-order valence-corrected chi connectivity index (χ4v) is 4.06. The molecule has 0 amide bonds. The standard InChI is InChI=1S/C23H29N3O3/c1-16-9-17(2)26(24-16)14-21(27)13-25(15-22-5-4-8-28-22)12-19-6-7-23-20(11-19)10-18(3)29-23/h4-9,11,18,21,27H,10,12-15H2,1-3H3. The summed E-state index contributed by atoms with van der Waals surface area (Å²) in [7, 11) is 0. The van der Waals surface area contributed by atoms with Gasteiger partial charge in [0.2, 0.25) is 0 Å². The first kappa shape index (κ1) is 19.7. The van der Waals surface area contributed by atoms with Crippen LogP contribution in [-0.2, 0) is 26.1 Å². The van der Waals surface area contributed by atoms with Crippen LogP contribution in [0.25, 0.3) is 0 Å². The van der Waals surface area contributed by atoms with Crippen LogP contribution in [0.4, 0.5) is 0 Å². The third-order valence-electron chi connectivity index (χ3n) is 5.28. The van der Waals surface area contributed by atoms with E-state index in [1.165, 1.54) is 11.1 Å². The van der Waals surface area contributed by atoms with Crippen molar-refractivity contribution in [3.8, 4) is 5.75 Å². The number of hydrogen-bond acceptors (Lipinski definition) is 5. The van der Waals surface area contributed by atoms with E-state index in [9.17, 15) is 5.11 Å². The zero-order chi connectivity index (χ0) is 20.4. The smallest absolute Gasteiger partial charge is 0.123 e. The molecule has 0 saturated heterocycles. The van der Waals surface area contributed by atoms with E-state index in [4.69, 9.17) is 9.15 Å². The number of ether oxygens (including phenoxy) is 1. The summed E-state index contributed by atoms with van der Waals surface area (Å²) in [5.74, 6) is 1.88. The number of aromatic nitrogens is 2. The highest BCUT2D eigenvalue weighted by atomic mass is 16.5. The summed E-state index contributed by atoms with van der Waals surface area (Å²) in [5.41, 5.74) is 4.51. The lowest BCUT2D eigenvalue weighted by molar-refractivity contribution is 0.0839. The minimum absolute atomic E-state index is 0.238. The van der Waals surface area contributed by atoms with E-state index in [0.717, 1.165) is 35.9 Å². The number of fused-ring (bicyclic) bond motifs is 1. The van der Waals surface area contributed by atoms with E-state index in [0.29, 0.717) is 19.6 Å². The Bertz CT molecular complexity index is 948. The van der Waals surface area contributed by atoms with Crippen molar-refractivity contribution in [3.05, 3.63) is 70.9 Å². The molecule has 2 aromatic heterocycles. The molecule has 0 spiro atoms. The molecule has 2 unspecified atom stereocenters. The summed E-state index contributed by atoms with van der Waals surface area (Å²) in [6, 6.07) is 12.3. The fourth-order valence-electron chi connectivity index (χ4n) is 4.06. The van der Waals surface area contributed by atoms with Gasteiger partial charge in [-0.1, -0.05) is 12.1 Å². The number of benzene rings is 1. The number of furan rings is 1. The average molecular weight is 396 g/mol. The molecule has 1 aliphatic heterocycles. The normalized spacial score (nSPS) is 16.8. The van der Waals surface area contributed by atoms with Gasteiger partial charge in [-0.2, -0.15) is 5.10 Å². The van der Waals surface area contributed by atoms with Crippen molar-refractivity contribution in [1.82, 2.24) is 14.7 Å². The van der Waals surface area contributed by atoms with Crippen molar-refractivity contribution >= 4 is 0 Å². The van der Waals surface area contributed by atoms with Crippen LogP contribution >= 0.6 is 0 Å². The Kier molecular flexibility index (Phi) is 5.74. The van der Waals surface area contributed by atoms with E-state index >= 15 is 0 Å². The lowest BCUT2D eigenvalue weighted by atomic mass is 10.1. The number of aliphatic hydroxyl groups excluding tert-OH is 1. The van der Waals surface area contributed by atoms with Gasteiger partial charge < -0.3 is 14.3 Å². The molecule has 0 bridgehead atoms. The molecule has 154 valence electrons. The van der Waals surface area contributed by atoms with E-state index in [2.05, 4.69) is 35.1 Å². The van der Waals surface area contributed by atoms with Crippen LogP contribution in [-0.4, -0.2) is 38.5 Å². The van der Waals surface area contributed by atoms with Gasteiger partial charge in [0, 0.05) is 25.2 Å². The Morgan fingerprint density at radius 1 is 1.24 bits per heavy atom. The Balaban J connectivity index is 1.46. The zero-order valence-corrected chi connectivity index (χ0v) is 17.3. The van der Waals surface area contributed by atoms with Crippen molar-refractivity contribution in [2.75, 3.05) is 6.54 Å². The number of nitrogens with zero attached hydrogens (tertiary/aromatic N) is 3. The second-order valence-electron chi connectivity index (χ2n) is 8.09. The maximum atomic E-state index is 10.7. The van der Waals surface area contributed by atoms with Gasteiger partial charge in [0.15, 0.2) is 0 Å². The Morgan fingerprint density at radius 2 is 2.10 bits per heavy atom. The van der Waals surface area contributed by atoms with Crippen molar-refractivity contribution in [2.24, 2.45) is 0 Å². The summed E-state index contributed by atoms with van der Waals surface area (Å²) in [4.78, 5) is 2.22. The van der Waals surface area contributed by atoms with Crippen molar-refractivity contribution in [3.63, 3.8) is 0 Å². The monoisotopic (exact) mass is 395 g/mol. The second kappa shape index (κ2) is 8.43. The maximum absolute atomic E-state index is 10.7. The summed E-state index contributed by atoms with van der Waals surface area (Å²) in [6.07, 6.45) is 2.35. The SMILES string of the molecule is Cc1cc(C)n(CC(O)CN(Cc2ccc3c(c2)CC(C)O3)Cc2ccco2)n1. The van der Waals surface area contributed by atoms with Gasteiger partial charge in [-0.05, 0) is 56.2 Å². The van der Waals surface area contributed by atoms with Crippen LogP contribution in [0, 0.1) is 13.8 Å². The largest absolute Gasteiger partial charge is 0.490 e. The molecule has 1 aliphatic rings. The molecule has 1 aromatic carbocycles. The van der Waals surface area contributed by atoms with Gasteiger partial charge in [0.1, 0.15) is 17.6 Å². The van der Waals surface area contributed by atoms with E-state index in [-0.39, 0.29) is 6.10 Å².